The molecule has 18 heavy (non-hydrogen) atoms. The van der Waals surface area contributed by atoms with Crippen LogP contribution in [0.3, 0.4) is 0 Å². The van der Waals surface area contributed by atoms with E-state index in [1.165, 1.54) is 0 Å². The topological polar surface area (TPSA) is 78.9 Å². The van der Waals surface area contributed by atoms with Crippen molar-refractivity contribution in [3.63, 3.8) is 0 Å². The quantitative estimate of drug-likeness (QED) is 0.527. The molecule has 1 saturated heterocycles. The Labute approximate surface area is 106 Å². The molecule has 0 bridgehead atoms. The Hall–Kier alpha value is -1.43. The lowest BCUT2D eigenvalue weighted by molar-refractivity contribution is -0.171. The summed E-state index contributed by atoms with van der Waals surface area (Å²) in [7, 11) is 0. The molecule has 1 unspecified atom stereocenters. The zero-order valence-electron chi connectivity index (χ0n) is 10.6. The van der Waals surface area contributed by atoms with Gasteiger partial charge in [-0.2, -0.15) is 0 Å². The fourth-order valence-corrected chi connectivity index (χ4v) is 1.80. The number of ether oxygens (including phenoxy) is 3. The molecule has 6 nitrogen and oxygen atoms in total. The lowest BCUT2D eigenvalue weighted by Gasteiger charge is -2.24. The Kier molecular flexibility index (Phi) is 5.77. The SMILES string of the molecule is CCOC(=O)C(OC(C)=O)C(=O)C1CCOCC1. The molecular formula is C12H18O6. The van der Waals surface area contributed by atoms with Crippen LogP contribution in [0.4, 0.5) is 0 Å². The number of ketones is 1. The highest BCUT2D eigenvalue weighted by atomic mass is 16.6. The maximum atomic E-state index is 12.1. The summed E-state index contributed by atoms with van der Waals surface area (Å²) in [4.78, 5) is 34.7. The Morgan fingerprint density at radius 1 is 1.28 bits per heavy atom. The van der Waals surface area contributed by atoms with Gasteiger partial charge in [0.1, 0.15) is 0 Å². The standard InChI is InChI=1S/C12H18O6/c1-3-17-12(15)11(18-8(2)13)10(14)9-4-6-16-7-5-9/h9,11H,3-7H2,1-2H3. The van der Waals surface area contributed by atoms with Crippen LogP contribution in [0.2, 0.25) is 0 Å². The third-order valence-electron chi connectivity index (χ3n) is 2.67. The highest BCUT2D eigenvalue weighted by molar-refractivity contribution is 6.04. The molecule has 0 amide bonds. The summed E-state index contributed by atoms with van der Waals surface area (Å²) in [6, 6.07) is 0. The highest BCUT2D eigenvalue weighted by Gasteiger charge is 2.36. The number of hydrogen-bond acceptors (Lipinski definition) is 6. The van der Waals surface area contributed by atoms with Gasteiger partial charge in [-0.3, -0.25) is 9.59 Å². The lowest BCUT2D eigenvalue weighted by atomic mass is 9.92. The second-order valence-corrected chi connectivity index (χ2v) is 4.03. The second kappa shape index (κ2) is 7.10. The van der Waals surface area contributed by atoms with Gasteiger partial charge in [-0.05, 0) is 19.8 Å². The van der Waals surface area contributed by atoms with Crippen LogP contribution in [0.5, 0.6) is 0 Å². The Bertz CT molecular complexity index is 319. The molecule has 1 fully saturated rings. The molecule has 1 aliphatic heterocycles. The van der Waals surface area contributed by atoms with Crippen molar-refractivity contribution in [2.75, 3.05) is 19.8 Å². The predicted octanol–water partition coefficient (Wildman–Crippen LogP) is 0.477. The van der Waals surface area contributed by atoms with Crippen LogP contribution in [-0.2, 0) is 28.6 Å². The van der Waals surface area contributed by atoms with E-state index < -0.39 is 23.8 Å². The van der Waals surface area contributed by atoms with Gasteiger partial charge in [-0.15, -0.1) is 0 Å². The van der Waals surface area contributed by atoms with Crippen LogP contribution >= 0.6 is 0 Å². The third kappa shape index (κ3) is 4.10. The zero-order chi connectivity index (χ0) is 13.5. The second-order valence-electron chi connectivity index (χ2n) is 4.03. The number of carbonyl (C=O) groups is 3. The molecule has 0 saturated carbocycles. The van der Waals surface area contributed by atoms with Crippen molar-refractivity contribution in [2.24, 2.45) is 5.92 Å². The fraction of sp³-hybridized carbons (Fsp3) is 0.750. The van der Waals surface area contributed by atoms with Gasteiger partial charge in [-0.1, -0.05) is 0 Å². The minimum absolute atomic E-state index is 0.137. The predicted molar refractivity (Wildman–Crippen MR) is 60.7 cm³/mol. The highest BCUT2D eigenvalue weighted by Crippen LogP contribution is 2.19. The summed E-state index contributed by atoms with van der Waals surface area (Å²) in [6.07, 6.45) is -0.364. The van der Waals surface area contributed by atoms with E-state index in [1.54, 1.807) is 6.92 Å². The lowest BCUT2D eigenvalue weighted by Crippen LogP contribution is -2.41. The summed E-state index contributed by atoms with van der Waals surface area (Å²) in [5.74, 6) is -2.18. The van der Waals surface area contributed by atoms with E-state index in [0.29, 0.717) is 26.1 Å². The average molecular weight is 258 g/mol. The molecule has 0 aromatic carbocycles. The number of esters is 2. The smallest absolute Gasteiger partial charge is 0.355 e. The molecular weight excluding hydrogens is 240 g/mol. The first-order valence-electron chi connectivity index (χ1n) is 6.01. The van der Waals surface area contributed by atoms with Gasteiger partial charge in [0.15, 0.2) is 5.78 Å². The van der Waals surface area contributed by atoms with Gasteiger partial charge >= 0.3 is 11.9 Å². The van der Waals surface area contributed by atoms with Crippen molar-refractivity contribution in [2.45, 2.75) is 32.8 Å². The molecule has 102 valence electrons. The van der Waals surface area contributed by atoms with Gasteiger partial charge in [-0.25, -0.2) is 4.79 Å². The zero-order valence-corrected chi connectivity index (χ0v) is 10.6. The molecule has 0 aliphatic carbocycles. The molecule has 1 aliphatic rings. The van der Waals surface area contributed by atoms with Crippen molar-refractivity contribution in [1.29, 1.82) is 0 Å². The molecule has 1 rings (SSSR count). The maximum Gasteiger partial charge on any atom is 0.355 e. The summed E-state index contributed by atoms with van der Waals surface area (Å²) < 4.78 is 14.7. The van der Waals surface area contributed by atoms with Crippen LogP contribution in [0, 0.1) is 5.92 Å². The first-order chi connectivity index (χ1) is 8.56. The number of Topliss-reactive ketones (excluding diaryl/α,β-unsaturated/α-hetero) is 1. The molecule has 6 heteroatoms. The van der Waals surface area contributed by atoms with Crippen molar-refractivity contribution < 1.29 is 28.6 Å². The molecule has 0 radical (unpaired) electrons. The fourth-order valence-electron chi connectivity index (χ4n) is 1.80. The van der Waals surface area contributed by atoms with Gasteiger partial charge in [0.25, 0.3) is 6.10 Å². The Balaban J connectivity index is 2.70. The van der Waals surface area contributed by atoms with Crippen LogP contribution in [-0.4, -0.2) is 43.6 Å². The number of rotatable bonds is 5. The van der Waals surface area contributed by atoms with E-state index in [2.05, 4.69) is 0 Å². The van der Waals surface area contributed by atoms with E-state index in [0.717, 1.165) is 6.92 Å². The number of hydrogen-bond donors (Lipinski definition) is 0. The van der Waals surface area contributed by atoms with Gasteiger partial charge in [0.2, 0.25) is 0 Å². The van der Waals surface area contributed by atoms with E-state index >= 15 is 0 Å². The molecule has 0 spiro atoms. The van der Waals surface area contributed by atoms with Crippen LogP contribution < -0.4 is 0 Å². The van der Waals surface area contributed by atoms with Gasteiger partial charge in [0, 0.05) is 26.1 Å². The summed E-state index contributed by atoms with van der Waals surface area (Å²) in [5.41, 5.74) is 0. The molecule has 0 aromatic rings. The van der Waals surface area contributed by atoms with Gasteiger partial charge < -0.3 is 14.2 Å². The largest absolute Gasteiger partial charge is 0.463 e. The Morgan fingerprint density at radius 3 is 2.39 bits per heavy atom. The normalized spacial score (nSPS) is 17.9. The van der Waals surface area contributed by atoms with Crippen molar-refractivity contribution >= 4 is 17.7 Å². The van der Waals surface area contributed by atoms with Crippen molar-refractivity contribution in [3.05, 3.63) is 0 Å². The average Bonchev–Trinajstić information content (AvgIpc) is 2.36. The first kappa shape index (κ1) is 14.6. The summed E-state index contributed by atoms with van der Waals surface area (Å²) in [5, 5.41) is 0. The van der Waals surface area contributed by atoms with Crippen LogP contribution in [0.15, 0.2) is 0 Å². The monoisotopic (exact) mass is 258 g/mol. The molecule has 1 heterocycles. The molecule has 0 N–H and O–H groups in total. The molecule has 0 aromatic heterocycles. The van der Waals surface area contributed by atoms with Crippen LogP contribution in [0.25, 0.3) is 0 Å². The van der Waals surface area contributed by atoms with E-state index in [-0.39, 0.29) is 12.5 Å². The minimum Gasteiger partial charge on any atom is -0.463 e. The van der Waals surface area contributed by atoms with E-state index in [9.17, 15) is 14.4 Å². The third-order valence-corrected chi connectivity index (χ3v) is 2.67. The summed E-state index contributed by atoms with van der Waals surface area (Å²) >= 11 is 0. The minimum atomic E-state index is -1.44. The van der Waals surface area contributed by atoms with Crippen molar-refractivity contribution in [3.8, 4) is 0 Å². The Morgan fingerprint density at radius 2 is 1.89 bits per heavy atom. The maximum absolute atomic E-state index is 12.1. The number of carbonyl (C=O) groups excluding carboxylic acids is 3. The van der Waals surface area contributed by atoms with Gasteiger partial charge in [0.05, 0.1) is 6.61 Å². The van der Waals surface area contributed by atoms with E-state index in [4.69, 9.17) is 14.2 Å². The first-order valence-corrected chi connectivity index (χ1v) is 6.01. The van der Waals surface area contributed by atoms with Crippen molar-refractivity contribution in [1.82, 2.24) is 0 Å². The van der Waals surface area contributed by atoms with E-state index in [1.807, 2.05) is 0 Å². The summed E-state index contributed by atoms with van der Waals surface area (Å²) in [6.45, 7) is 3.88. The van der Waals surface area contributed by atoms with Crippen LogP contribution in [0.1, 0.15) is 26.7 Å². The molecule has 1 atom stereocenters.